The highest BCUT2D eigenvalue weighted by Crippen LogP contribution is 2.33. The lowest BCUT2D eigenvalue weighted by Gasteiger charge is -2.39. The first-order valence-electron chi connectivity index (χ1n) is 12.6. The third-order valence-electron chi connectivity index (χ3n) is 7.04. The maximum atomic E-state index is 14.1. The lowest BCUT2D eigenvalue weighted by Crippen LogP contribution is -2.48. The molecule has 4 aliphatic heterocycles. The van der Waals surface area contributed by atoms with Crippen LogP contribution in [-0.2, 0) is 4.79 Å². The molecule has 4 aliphatic rings. The van der Waals surface area contributed by atoms with E-state index in [2.05, 4.69) is 15.3 Å². The van der Waals surface area contributed by atoms with Crippen molar-refractivity contribution < 1.29 is 18.7 Å². The number of thioether (sulfide) groups is 1. The number of aliphatic imine (C=N–C) groups is 1. The summed E-state index contributed by atoms with van der Waals surface area (Å²) in [4.78, 5) is 34.2. The standard InChI is InChI=1S/C25H32FN5O3S.2ClH/c26-19-6-7-21(34-25(33)30-14-8-20(9-15-30)29-11-3-1-4-12-29)18(16-19)17-22-23(32)28-24(35-22)31-13-5-2-10-27-31;;/h6-7,16-17,20,27H,1-5,8-15H2;2*1H. The molecule has 0 aliphatic carbocycles. The number of ether oxygens (including phenoxy) is 1. The minimum Gasteiger partial charge on any atom is -0.410 e. The Balaban J connectivity index is 0.00000190. The van der Waals surface area contributed by atoms with Crippen LogP contribution >= 0.6 is 36.6 Å². The molecule has 1 aromatic rings. The topological polar surface area (TPSA) is 77.5 Å². The molecule has 4 heterocycles. The number of halogens is 3. The third-order valence-corrected chi connectivity index (χ3v) is 8.04. The molecule has 0 spiro atoms. The molecule has 12 heteroatoms. The highest BCUT2D eigenvalue weighted by Gasteiger charge is 2.30. The number of amidine groups is 1. The number of hydrogen-bond acceptors (Lipinski definition) is 7. The zero-order valence-corrected chi connectivity index (χ0v) is 23.1. The molecule has 0 saturated carbocycles. The second-order valence-corrected chi connectivity index (χ2v) is 10.5. The monoisotopic (exact) mass is 573 g/mol. The molecule has 0 atom stereocenters. The van der Waals surface area contributed by atoms with Crippen LogP contribution < -0.4 is 10.2 Å². The van der Waals surface area contributed by atoms with Crippen molar-refractivity contribution in [1.82, 2.24) is 20.2 Å². The van der Waals surface area contributed by atoms with Gasteiger partial charge in [-0.15, -0.1) is 24.8 Å². The van der Waals surface area contributed by atoms with E-state index in [4.69, 9.17) is 4.74 Å². The van der Waals surface area contributed by atoms with Gasteiger partial charge in [-0.2, -0.15) is 4.99 Å². The zero-order chi connectivity index (χ0) is 24.2. The maximum Gasteiger partial charge on any atom is 0.415 e. The second kappa shape index (κ2) is 13.8. The van der Waals surface area contributed by atoms with E-state index in [1.807, 2.05) is 5.01 Å². The Kier molecular flexibility index (Phi) is 11.1. The summed E-state index contributed by atoms with van der Waals surface area (Å²) in [6.07, 6.45) is 8.93. The van der Waals surface area contributed by atoms with Crippen LogP contribution in [0.15, 0.2) is 28.1 Å². The Morgan fingerprint density at radius 3 is 2.49 bits per heavy atom. The van der Waals surface area contributed by atoms with Gasteiger partial charge >= 0.3 is 6.09 Å². The summed E-state index contributed by atoms with van der Waals surface area (Å²) < 4.78 is 19.8. The number of nitrogens with one attached hydrogen (secondary N) is 1. The fourth-order valence-electron chi connectivity index (χ4n) is 5.09. The number of nitrogens with zero attached hydrogens (tertiary/aromatic N) is 4. The normalized spacial score (nSPS) is 22.4. The fraction of sp³-hybridized carbons (Fsp3) is 0.560. The van der Waals surface area contributed by atoms with Crippen molar-refractivity contribution in [1.29, 1.82) is 0 Å². The lowest BCUT2D eigenvalue weighted by molar-refractivity contribution is -0.113. The number of hydrazine groups is 1. The number of carbonyl (C=O) groups excluding carboxylic acids is 2. The number of carbonyl (C=O) groups is 2. The van der Waals surface area contributed by atoms with E-state index in [-0.39, 0.29) is 36.5 Å². The minimum absolute atomic E-state index is 0. The number of likely N-dealkylation sites (tertiary alicyclic amines) is 2. The number of benzene rings is 1. The van der Waals surface area contributed by atoms with Gasteiger partial charge in [0.05, 0.1) is 4.91 Å². The minimum atomic E-state index is -0.465. The van der Waals surface area contributed by atoms with Gasteiger partial charge in [0.1, 0.15) is 11.6 Å². The predicted molar refractivity (Wildman–Crippen MR) is 149 cm³/mol. The number of hydrogen-bond donors (Lipinski definition) is 1. The smallest absolute Gasteiger partial charge is 0.410 e. The van der Waals surface area contributed by atoms with Crippen molar-refractivity contribution >= 4 is 59.8 Å². The lowest BCUT2D eigenvalue weighted by atomic mass is 10.0. The SMILES string of the molecule is Cl.Cl.O=C1N=C(N2CCCCN2)SC1=Cc1cc(F)ccc1OC(=O)N1CCC(N2CCCCC2)CC1. The summed E-state index contributed by atoms with van der Waals surface area (Å²) >= 11 is 1.24. The summed E-state index contributed by atoms with van der Waals surface area (Å²) in [7, 11) is 0. The Hall–Kier alpha value is -1.85. The van der Waals surface area contributed by atoms with E-state index in [9.17, 15) is 14.0 Å². The molecule has 204 valence electrons. The molecule has 2 amide bonds. The third kappa shape index (κ3) is 7.38. The second-order valence-electron chi connectivity index (χ2n) is 9.44. The van der Waals surface area contributed by atoms with Gasteiger partial charge in [0, 0.05) is 37.8 Å². The van der Waals surface area contributed by atoms with Gasteiger partial charge in [0.2, 0.25) is 0 Å². The molecule has 0 unspecified atom stereocenters. The molecule has 5 rings (SSSR count). The molecule has 8 nitrogen and oxygen atoms in total. The summed E-state index contributed by atoms with van der Waals surface area (Å²) in [5.74, 6) is -0.605. The van der Waals surface area contributed by atoms with E-state index < -0.39 is 11.9 Å². The predicted octanol–water partition coefficient (Wildman–Crippen LogP) is 4.69. The molecule has 1 aromatic carbocycles. The largest absolute Gasteiger partial charge is 0.415 e. The van der Waals surface area contributed by atoms with Crippen molar-refractivity contribution in [2.24, 2.45) is 4.99 Å². The van der Waals surface area contributed by atoms with Crippen LogP contribution in [0.4, 0.5) is 9.18 Å². The number of rotatable bonds is 3. The van der Waals surface area contributed by atoms with Crippen molar-refractivity contribution in [3.8, 4) is 5.75 Å². The van der Waals surface area contributed by atoms with Crippen LogP contribution in [0.1, 0.15) is 50.5 Å². The van der Waals surface area contributed by atoms with Crippen LogP contribution in [0.25, 0.3) is 6.08 Å². The van der Waals surface area contributed by atoms with Crippen molar-refractivity contribution in [3.05, 3.63) is 34.5 Å². The average Bonchev–Trinajstić information content (AvgIpc) is 3.26. The van der Waals surface area contributed by atoms with Crippen molar-refractivity contribution in [2.45, 2.75) is 51.0 Å². The van der Waals surface area contributed by atoms with Gasteiger partial charge in [-0.1, -0.05) is 6.42 Å². The highest BCUT2D eigenvalue weighted by molar-refractivity contribution is 8.18. The van der Waals surface area contributed by atoms with Crippen LogP contribution in [0, 0.1) is 5.82 Å². The van der Waals surface area contributed by atoms with Gasteiger partial charge in [0.15, 0.2) is 5.17 Å². The Morgan fingerprint density at radius 1 is 1.05 bits per heavy atom. The molecule has 0 aromatic heterocycles. The highest BCUT2D eigenvalue weighted by atomic mass is 35.5. The van der Waals surface area contributed by atoms with Gasteiger partial charge in [0.25, 0.3) is 5.91 Å². The van der Waals surface area contributed by atoms with E-state index >= 15 is 0 Å². The molecule has 37 heavy (non-hydrogen) atoms. The zero-order valence-electron chi connectivity index (χ0n) is 20.7. The van der Waals surface area contributed by atoms with E-state index in [0.717, 1.165) is 51.9 Å². The Labute approximate surface area is 233 Å². The summed E-state index contributed by atoms with van der Waals surface area (Å²) in [5.41, 5.74) is 3.58. The van der Waals surface area contributed by atoms with Gasteiger partial charge < -0.3 is 14.5 Å². The molecule has 0 radical (unpaired) electrons. The summed E-state index contributed by atoms with van der Waals surface area (Å²) in [6.45, 7) is 5.21. The Morgan fingerprint density at radius 2 is 1.78 bits per heavy atom. The molecular weight excluding hydrogens is 540 g/mol. The van der Waals surface area contributed by atoms with E-state index in [1.54, 1.807) is 11.0 Å². The first-order valence-corrected chi connectivity index (χ1v) is 13.4. The van der Waals surface area contributed by atoms with Gasteiger partial charge in [-0.25, -0.2) is 14.6 Å². The van der Waals surface area contributed by atoms with Crippen molar-refractivity contribution in [2.75, 3.05) is 39.3 Å². The molecular formula is C25H34Cl2FN5O3S. The molecule has 3 fully saturated rings. The number of amides is 2. The first kappa shape index (κ1) is 29.7. The summed E-state index contributed by atoms with van der Waals surface area (Å²) in [6, 6.07) is 4.51. The Bertz CT molecular complexity index is 1020. The maximum absolute atomic E-state index is 14.1. The van der Waals surface area contributed by atoms with Crippen molar-refractivity contribution in [3.63, 3.8) is 0 Å². The van der Waals surface area contributed by atoms with Gasteiger partial charge in [-0.3, -0.25) is 9.80 Å². The molecule has 3 saturated heterocycles. The quantitative estimate of drug-likeness (QED) is 0.525. The van der Waals surface area contributed by atoms with E-state index in [1.165, 1.54) is 49.2 Å². The van der Waals surface area contributed by atoms with Crippen LogP contribution in [0.2, 0.25) is 0 Å². The van der Waals surface area contributed by atoms with Crippen LogP contribution in [0.3, 0.4) is 0 Å². The van der Waals surface area contributed by atoms with Crippen LogP contribution in [-0.4, -0.2) is 77.3 Å². The van der Waals surface area contributed by atoms with E-state index in [0.29, 0.717) is 34.8 Å². The number of piperidine rings is 2. The molecule has 1 N–H and O–H groups in total. The fourth-order valence-corrected chi connectivity index (χ4v) is 6.00. The average molecular weight is 575 g/mol. The summed E-state index contributed by atoms with van der Waals surface area (Å²) in [5, 5.41) is 2.47. The first-order chi connectivity index (χ1) is 17.1. The molecule has 0 bridgehead atoms. The van der Waals surface area contributed by atoms with Gasteiger partial charge in [-0.05, 0) is 87.7 Å². The van der Waals surface area contributed by atoms with Crippen LogP contribution in [0.5, 0.6) is 5.75 Å².